The topological polar surface area (TPSA) is 23.9 Å². The molecule has 0 bridgehead atoms. The van der Waals surface area contributed by atoms with Crippen LogP contribution in [0.4, 0.5) is 0 Å². The second-order valence-corrected chi connectivity index (χ2v) is 1.23. The summed E-state index contributed by atoms with van der Waals surface area (Å²) in [5.74, 6) is 0. The molecule has 25 valence electrons. The van der Waals surface area contributed by atoms with Gasteiger partial charge in [0.1, 0.15) is 0 Å². The van der Waals surface area contributed by atoms with Crippen molar-refractivity contribution in [3.05, 3.63) is 11.0 Å². The zero-order valence-corrected chi connectivity index (χ0v) is 4.83. The van der Waals surface area contributed by atoms with Crippen LogP contribution >= 0.6 is 0 Å². The summed E-state index contributed by atoms with van der Waals surface area (Å²) < 4.78 is 0. The van der Waals surface area contributed by atoms with E-state index in [1.807, 2.05) is 21.4 Å². The molecule has 0 aromatic heterocycles. The molecule has 5 heavy (non-hydrogen) atoms. The zero-order valence-electron chi connectivity index (χ0n) is 2.73. The first-order valence-corrected chi connectivity index (χ1v) is 2.46. The third-order valence-corrected chi connectivity index (χ3v) is 0.596. The summed E-state index contributed by atoms with van der Waals surface area (Å²) in [5.41, 5.74) is 0. The van der Waals surface area contributed by atoms with Gasteiger partial charge < -0.3 is 0 Å². The Labute approximate surface area is 39.8 Å². The Morgan fingerprint density at radius 1 is 1.60 bits per heavy atom. The van der Waals surface area contributed by atoms with Gasteiger partial charge in [0.05, 0.1) is 0 Å². The molecule has 0 saturated carbocycles. The molecule has 0 heterocycles. The van der Waals surface area contributed by atoms with Crippen molar-refractivity contribution >= 4 is 22.7 Å². The summed E-state index contributed by atoms with van der Waals surface area (Å²) in [7, 11) is 0. The van der Waals surface area contributed by atoms with Crippen LogP contribution in [0.25, 0.3) is 0 Å². The fourth-order valence-electron chi connectivity index (χ4n) is 0.0481. The van der Waals surface area contributed by atoms with Crippen LogP contribution in [0.5, 0.6) is 0 Å². The average Bonchev–Trinajstić information content (AvgIpc) is 1.41. The van der Waals surface area contributed by atoms with E-state index in [1.54, 1.807) is 6.08 Å². The molecule has 0 saturated heterocycles. The van der Waals surface area contributed by atoms with Gasteiger partial charge >= 0.3 is 39.1 Å². The SMILES string of the molecule is N=C/C=[CH]\[Ge]. The van der Waals surface area contributed by atoms with E-state index in [9.17, 15) is 0 Å². The van der Waals surface area contributed by atoms with Crippen molar-refractivity contribution in [1.29, 1.82) is 5.41 Å². The van der Waals surface area contributed by atoms with E-state index in [2.05, 4.69) is 0 Å². The van der Waals surface area contributed by atoms with E-state index in [4.69, 9.17) is 5.41 Å². The van der Waals surface area contributed by atoms with E-state index < -0.39 is 0 Å². The van der Waals surface area contributed by atoms with Crippen LogP contribution in [-0.2, 0) is 0 Å². The van der Waals surface area contributed by atoms with Crippen LogP contribution in [0.15, 0.2) is 11.0 Å². The van der Waals surface area contributed by atoms with Crippen LogP contribution in [-0.4, -0.2) is 22.7 Å². The van der Waals surface area contributed by atoms with Crippen LogP contribution in [0.3, 0.4) is 0 Å². The molecule has 0 aromatic carbocycles. The summed E-state index contributed by atoms with van der Waals surface area (Å²) in [6, 6.07) is 0. The second kappa shape index (κ2) is 3.95. The molecule has 1 nitrogen and oxygen atoms in total. The molecule has 0 unspecified atom stereocenters. The van der Waals surface area contributed by atoms with Crippen LogP contribution in [0.2, 0.25) is 0 Å². The predicted octanol–water partition coefficient (Wildman–Crippen LogP) is 0.318. The first kappa shape index (κ1) is 4.95. The summed E-state index contributed by atoms with van der Waals surface area (Å²) in [6.45, 7) is 0. The summed E-state index contributed by atoms with van der Waals surface area (Å²) in [6.07, 6.45) is 2.92. The first-order chi connectivity index (χ1) is 2.41. The molecule has 3 radical (unpaired) electrons. The van der Waals surface area contributed by atoms with Crippen molar-refractivity contribution in [2.24, 2.45) is 0 Å². The fourth-order valence-corrected chi connectivity index (χ4v) is 0.250. The van der Waals surface area contributed by atoms with E-state index in [-0.39, 0.29) is 0 Å². The molecule has 0 aliphatic heterocycles. The quantitative estimate of drug-likeness (QED) is 0.387. The first-order valence-electron chi connectivity index (χ1n) is 1.24. The molecule has 0 aromatic rings. The molecule has 0 aliphatic rings. The van der Waals surface area contributed by atoms with Crippen molar-refractivity contribution in [3.63, 3.8) is 0 Å². The molecule has 2 heteroatoms. The molecule has 0 fully saturated rings. The van der Waals surface area contributed by atoms with E-state index in [0.717, 1.165) is 0 Å². The van der Waals surface area contributed by atoms with Gasteiger partial charge in [-0.15, -0.1) is 0 Å². The van der Waals surface area contributed by atoms with Gasteiger partial charge in [-0.2, -0.15) is 0 Å². The van der Waals surface area contributed by atoms with Crippen molar-refractivity contribution in [2.75, 3.05) is 0 Å². The Kier molecular flexibility index (Phi) is 3.92. The maximum absolute atomic E-state index is 6.39. The fraction of sp³-hybridized carbons (Fsp3) is 0. The molecule has 0 atom stereocenters. The molecular formula is C3H4GeN. The van der Waals surface area contributed by atoms with Crippen LogP contribution < -0.4 is 0 Å². The minimum atomic E-state index is 1.25. The van der Waals surface area contributed by atoms with Gasteiger partial charge in [-0.05, 0) is 0 Å². The molecule has 0 rings (SSSR count). The Bertz CT molecular complexity index is 48.9. The Hall–Kier alpha value is -0.0471. The predicted molar refractivity (Wildman–Crippen MR) is 23.7 cm³/mol. The number of hydrogen-bond donors (Lipinski definition) is 1. The van der Waals surface area contributed by atoms with Gasteiger partial charge in [0.2, 0.25) is 0 Å². The molecule has 0 spiro atoms. The molecular weight excluding hydrogens is 123 g/mol. The number of nitrogens with one attached hydrogen (secondary N) is 1. The summed E-state index contributed by atoms with van der Waals surface area (Å²) in [4.78, 5) is 1.81. The molecule has 1 N–H and O–H groups in total. The third kappa shape index (κ3) is 3.95. The molecule has 0 aliphatic carbocycles. The zero-order chi connectivity index (χ0) is 4.12. The van der Waals surface area contributed by atoms with Gasteiger partial charge in [0, 0.05) is 0 Å². The Morgan fingerprint density at radius 2 is 2.20 bits per heavy atom. The Morgan fingerprint density at radius 3 is 2.20 bits per heavy atom. The van der Waals surface area contributed by atoms with Crippen molar-refractivity contribution in [2.45, 2.75) is 0 Å². The summed E-state index contributed by atoms with van der Waals surface area (Å²) in [5, 5.41) is 6.39. The number of hydrogen-bond acceptors (Lipinski definition) is 1. The standard InChI is InChI=1S/C3H4GeN/c4-2-1-3-5/h1-3,5H/b2-1-,5-3?. The van der Waals surface area contributed by atoms with Crippen LogP contribution in [0.1, 0.15) is 0 Å². The minimum absolute atomic E-state index is 1.25. The van der Waals surface area contributed by atoms with Gasteiger partial charge in [0.15, 0.2) is 0 Å². The van der Waals surface area contributed by atoms with Crippen LogP contribution in [0, 0.1) is 5.41 Å². The molecule has 0 amide bonds. The van der Waals surface area contributed by atoms with Crippen molar-refractivity contribution < 1.29 is 0 Å². The van der Waals surface area contributed by atoms with E-state index in [0.29, 0.717) is 0 Å². The van der Waals surface area contributed by atoms with Crippen molar-refractivity contribution in [1.82, 2.24) is 0 Å². The van der Waals surface area contributed by atoms with Gasteiger partial charge in [0.25, 0.3) is 0 Å². The average molecular weight is 127 g/mol. The maximum atomic E-state index is 6.39. The Balaban J connectivity index is 2.92. The van der Waals surface area contributed by atoms with Gasteiger partial charge in [-0.3, -0.25) is 0 Å². The monoisotopic (exact) mass is 128 g/mol. The van der Waals surface area contributed by atoms with Gasteiger partial charge in [-0.25, -0.2) is 0 Å². The summed E-state index contributed by atoms with van der Waals surface area (Å²) >= 11 is 1.88. The second-order valence-electron chi connectivity index (χ2n) is 0.526. The number of allylic oxidation sites excluding steroid dienone is 1. The third-order valence-electron chi connectivity index (χ3n) is 0.192. The van der Waals surface area contributed by atoms with Crippen molar-refractivity contribution in [3.8, 4) is 0 Å². The normalized spacial score (nSPS) is 9.00. The van der Waals surface area contributed by atoms with E-state index in [1.165, 1.54) is 6.21 Å². The van der Waals surface area contributed by atoms with Gasteiger partial charge in [-0.1, -0.05) is 0 Å². The van der Waals surface area contributed by atoms with E-state index >= 15 is 0 Å². The number of rotatable bonds is 1.